The van der Waals surface area contributed by atoms with E-state index in [2.05, 4.69) is 23.8 Å². The molecular weight excluding hydrogens is 226 g/mol. The van der Waals surface area contributed by atoms with Crippen LogP contribution in [0.3, 0.4) is 0 Å². The van der Waals surface area contributed by atoms with Gasteiger partial charge in [-0.15, -0.1) is 0 Å². The van der Waals surface area contributed by atoms with Crippen LogP contribution in [0.25, 0.3) is 0 Å². The van der Waals surface area contributed by atoms with Crippen LogP contribution >= 0.6 is 0 Å². The summed E-state index contributed by atoms with van der Waals surface area (Å²) >= 11 is 0. The van der Waals surface area contributed by atoms with Gasteiger partial charge in [-0.1, -0.05) is 0 Å². The Labute approximate surface area is 110 Å². The van der Waals surface area contributed by atoms with Gasteiger partial charge in [-0.05, 0) is 39.7 Å². The standard InChI is InChI=1S/C14H27N3O/c1-11-13(5-8-18-11)16(2)14(9-15)6-7-17(10-14)12-3-4-12/h11-13H,3-10,15H2,1-2H3. The molecule has 3 unspecified atom stereocenters. The number of likely N-dealkylation sites (tertiary alicyclic amines) is 1. The number of ether oxygens (including phenoxy) is 1. The Kier molecular flexibility index (Phi) is 3.39. The molecule has 4 heteroatoms. The molecule has 0 bridgehead atoms. The highest BCUT2D eigenvalue weighted by atomic mass is 16.5. The zero-order valence-electron chi connectivity index (χ0n) is 11.8. The van der Waals surface area contributed by atoms with Crippen molar-refractivity contribution in [3.8, 4) is 0 Å². The molecule has 0 aromatic carbocycles. The second-order valence-electron chi connectivity index (χ2n) is 6.42. The third-order valence-electron chi connectivity index (χ3n) is 5.39. The molecule has 0 amide bonds. The first-order valence-electron chi connectivity index (χ1n) is 7.45. The maximum Gasteiger partial charge on any atom is 0.0703 e. The fourth-order valence-corrected chi connectivity index (χ4v) is 3.82. The Morgan fingerprint density at radius 1 is 1.39 bits per heavy atom. The molecule has 1 saturated carbocycles. The molecule has 0 radical (unpaired) electrons. The summed E-state index contributed by atoms with van der Waals surface area (Å²) in [6, 6.07) is 1.41. The summed E-state index contributed by atoms with van der Waals surface area (Å²) in [6.45, 7) is 6.27. The molecule has 0 aromatic rings. The summed E-state index contributed by atoms with van der Waals surface area (Å²) in [5.41, 5.74) is 6.35. The van der Waals surface area contributed by atoms with Gasteiger partial charge in [0.15, 0.2) is 0 Å². The molecule has 3 rings (SSSR count). The van der Waals surface area contributed by atoms with Crippen molar-refractivity contribution in [3.05, 3.63) is 0 Å². The first-order valence-corrected chi connectivity index (χ1v) is 7.45. The summed E-state index contributed by atoms with van der Waals surface area (Å²) in [6.07, 6.45) is 5.52. The fraction of sp³-hybridized carbons (Fsp3) is 1.00. The molecule has 3 fully saturated rings. The van der Waals surface area contributed by atoms with Crippen LogP contribution in [-0.4, -0.2) is 66.8 Å². The van der Waals surface area contributed by atoms with Crippen molar-refractivity contribution in [2.24, 2.45) is 5.73 Å². The zero-order chi connectivity index (χ0) is 12.8. The van der Waals surface area contributed by atoms with E-state index < -0.39 is 0 Å². The minimum Gasteiger partial charge on any atom is -0.377 e. The number of likely N-dealkylation sites (N-methyl/N-ethyl adjacent to an activating group) is 1. The second kappa shape index (κ2) is 4.75. The van der Waals surface area contributed by atoms with Gasteiger partial charge in [0, 0.05) is 43.9 Å². The van der Waals surface area contributed by atoms with Crippen LogP contribution in [0.1, 0.15) is 32.6 Å². The van der Waals surface area contributed by atoms with Crippen LogP contribution in [0.4, 0.5) is 0 Å². The summed E-state index contributed by atoms with van der Waals surface area (Å²) in [4.78, 5) is 5.21. The van der Waals surface area contributed by atoms with Gasteiger partial charge in [-0.25, -0.2) is 0 Å². The molecule has 1 aliphatic carbocycles. The van der Waals surface area contributed by atoms with Crippen LogP contribution in [0.5, 0.6) is 0 Å². The van der Waals surface area contributed by atoms with Crippen molar-refractivity contribution in [2.45, 2.75) is 56.3 Å². The third-order valence-corrected chi connectivity index (χ3v) is 5.39. The van der Waals surface area contributed by atoms with Crippen LogP contribution in [-0.2, 0) is 4.74 Å². The Hall–Kier alpha value is -0.160. The average Bonchev–Trinajstić information content (AvgIpc) is 2.99. The number of nitrogens with zero attached hydrogens (tertiary/aromatic N) is 2. The molecule has 2 heterocycles. The molecule has 2 aliphatic heterocycles. The average molecular weight is 253 g/mol. The van der Waals surface area contributed by atoms with Gasteiger partial charge in [0.25, 0.3) is 0 Å². The lowest BCUT2D eigenvalue weighted by atomic mass is 9.93. The van der Waals surface area contributed by atoms with E-state index in [9.17, 15) is 0 Å². The Morgan fingerprint density at radius 2 is 2.17 bits per heavy atom. The van der Waals surface area contributed by atoms with E-state index in [4.69, 9.17) is 10.5 Å². The largest absolute Gasteiger partial charge is 0.377 e. The van der Waals surface area contributed by atoms with Gasteiger partial charge in [0.2, 0.25) is 0 Å². The van der Waals surface area contributed by atoms with Gasteiger partial charge in [-0.3, -0.25) is 9.80 Å². The minimum atomic E-state index is 0.190. The zero-order valence-corrected chi connectivity index (χ0v) is 11.8. The summed E-state index contributed by atoms with van der Waals surface area (Å²) in [5, 5.41) is 0. The highest BCUT2D eigenvalue weighted by Crippen LogP contribution is 2.37. The van der Waals surface area contributed by atoms with Crippen molar-refractivity contribution >= 4 is 0 Å². The van der Waals surface area contributed by atoms with E-state index in [0.717, 1.165) is 32.2 Å². The van der Waals surface area contributed by atoms with Gasteiger partial charge >= 0.3 is 0 Å². The van der Waals surface area contributed by atoms with E-state index in [1.807, 2.05) is 0 Å². The van der Waals surface area contributed by atoms with Crippen molar-refractivity contribution in [3.63, 3.8) is 0 Å². The Bertz CT molecular complexity index is 307. The van der Waals surface area contributed by atoms with E-state index in [-0.39, 0.29) is 5.54 Å². The van der Waals surface area contributed by atoms with Crippen LogP contribution < -0.4 is 5.73 Å². The van der Waals surface area contributed by atoms with E-state index in [1.165, 1.54) is 25.8 Å². The van der Waals surface area contributed by atoms with Gasteiger partial charge in [0.1, 0.15) is 0 Å². The molecule has 104 valence electrons. The second-order valence-corrected chi connectivity index (χ2v) is 6.42. The smallest absolute Gasteiger partial charge is 0.0703 e. The minimum absolute atomic E-state index is 0.190. The quantitative estimate of drug-likeness (QED) is 0.799. The Morgan fingerprint density at radius 3 is 2.72 bits per heavy atom. The molecule has 0 aromatic heterocycles. The first-order chi connectivity index (χ1) is 8.66. The summed E-state index contributed by atoms with van der Waals surface area (Å²) in [7, 11) is 2.26. The molecule has 0 spiro atoms. The van der Waals surface area contributed by atoms with Crippen LogP contribution in [0.2, 0.25) is 0 Å². The predicted molar refractivity (Wildman–Crippen MR) is 72.6 cm³/mol. The topological polar surface area (TPSA) is 41.7 Å². The van der Waals surface area contributed by atoms with Gasteiger partial charge < -0.3 is 10.5 Å². The number of rotatable bonds is 4. The summed E-state index contributed by atoms with van der Waals surface area (Å²) < 4.78 is 5.73. The monoisotopic (exact) mass is 253 g/mol. The normalized spacial score (nSPS) is 42.0. The molecule has 18 heavy (non-hydrogen) atoms. The third kappa shape index (κ3) is 2.09. The fourth-order valence-electron chi connectivity index (χ4n) is 3.82. The lowest BCUT2D eigenvalue weighted by Gasteiger charge is -2.42. The van der Waals surface area contributed by atoms with Crippen LogP contribution in [0, 0.1) is 0 Å². The highest BCUT2D eigenvalue weighted by molar-refractivity contribution is 5.05. The van der Waals surface area contributed by atoms with E-state index in [0.29, 0.717) is 12.1 Å². The molecule has 3 aliphatic rings. The SMILES string of the molecule is CC1OCCC1N(C)C1(CN)CCN(C2CC2)C1. The van der Waals surface area contributed by atoms with E-state index >= 15 is 0 Å². The molecule has 2 N–H and O–H groups in total. The summed E-state index contributed by atoms with van der Waals surface area (Å²) in [5.74, 6) is 0. The lowest BCUT2D eigenvalue weighted by molar-refractivity contribution is 0.0314. The molecule has 2 saturated heterocycles. The highest BCUT2D eigenvalue weighted by Gasteiger charge is 2.47. The van der Waals surface area contributed by atoms with Crippen molar-refractivity contribution < 1.29 is 4.74 Å². The maximum atomic E-state index is 6.16. The number of hydrogen-bond donors (Lipinski definition) is 1. The first kappa shape index (κ1) is 12.9. The predicted octanol–water partition coefficient (Wildman–Crippen LogP) is 0.661. The van der Waals surface area contributed by atoms with Crippen molar-refractivity contribution in [2.75, 3.05) is 33.3 Å². The molecule has 3 atom stereocenters. The number of nitrogens with two attached hydrogens (primary N) is 1. The van der Waals surface area contributed by atoms with Gasteiger partial charge in [0.05, 0.1) is 6.10 Å². The van der Waals surface area contributed by atoms with Crippen molar-refractivity contribution in [1.82, 2.24) is 9.80 Å². The maximum absolute atomic E-state index is 6.16. The van der Waals surface area contributed by atoms with Crippen molar-refractivity contribution in [1.29, 1.82) is 0 Å². The Balaban J connectivity index is 1.70. The van der Waals surface area contributed by atoms with Crippen LogP contribution in [0.15, 0.2) is 0 Å². The molecule has 4 nitrogen and oxygen atoms in total. The molecular formula is C14H27N3O. The van der Waals surface area contributed by atoms with Gasteiger partial charge in [-0.2, -0.15) is 0 Å². The lowest BCUT2D eigenvalue weighted by Crippen LogP contribution is -2.59. The van der Waals surface area contributed by atoms with E-state index in [1.54, 1.807) is 0 Å². The number of hydrogen-bond acceptors (Lipinski definition) is 4.